The second kappa shape index (κ2) is 8.41. The van der Waals surface area contributed by atoms with Gasteiger partial charge in [0.15, 0.2) is 0 Å². The van der Waals surface area contributed by atoms with E-state index in [1.165, 1.54) is 6.08 Å². The van der Waals surface area contributed by atoms with Crippen LogP contribution < -0.4 is 10.6 Å². The van der Waals surface area contributed by atoms with Gasteiger partial charge < -0.3 is 25.3 Å². The molecule has 2 aromatic carbocycles. The van der Waals surface area contributed by atoms with Crippen LogP contribution >= 0.6 is 0 Å². The molecule has 3 heterocycles. The third kappa shape index (κ3) is 3.68. The Balaban J connectivity index is 1.65. The highest BCUT2D eigenvalue weighted by molar-refractivity contribution is 6.09. The van der Waals surface area contributed by atoms with Crippen molar-refractivity contribution < 1.29 is 14.3 Å². The fourth-order valence-corrected chi connectivity index (χ4v) is 4.92. The highest BCUT2D eigenvalue weighted by atomic mass is 16.5. The molecular weight excluding hydrogens is 416 g/mol. The molecule has 7 heteroatoms. The van der Waals surface area contributed by atoms with Crippen molar-refractivity contribution in [1.29, 1.82) is 0 Å². The molecule has 0 saturated carbocycles. The second-order valence-electron chi connectivity index (χ2n) is 8.83. The van der Waals surface area contributed by atoms with Crippen LogP contribution in [0.2, 0.25) is 0 Å². The smallest absolute Gasteiger partial charge is 0.250 e. The summed E-state index contributed by atoms with van der Waals surface area (Å²) in [4.78, 5) is 31.9. The number of nitrogens with one attached hydrogen (secondary N) is 1. The van der Waals surface area contributed by atoms with Crippen molar-refractivity contribution in [3.8, 4) is 0 Å². The first-order chi connectivity index (χ1) is 16.0. The predicted octanol–water partition coefficient (Wildman–Crippen LogP) is 3.61. The molecule has 2 fully saturated rings. The molecule has 2 aliphatic rings. The summed E-state index contributed by atoms with van der Waals surface area (Å²) in [7, 11) is 0. The molecule has 3 aromatic rings. The molecule has 0 radical (unpaired) electrons. The van der Waals surface area contributed by atoms with Gasteiger partial charge in [-0.1, -0.05) is 24.8 Å². The van der Waals surface area contributed by atoms with E-state index in [1.54, 1.807) is 11.0 Å². The number of nitrogens with two attached hydrogens (primary N) is 1. The summed E-state index contributed by atoms with van der Waals surface area (Å²) in [6.45, 7) is 8.30. The number of hydrogen-bond donors (Lipinski definition) is 2. The van der Waals surface area contributed by atoms with Gasteiger partial charge in [0.2, 0.25) is 5.91 Å². The van der Waals surface area contributed by atoms with Crippen molar-refractivity contribution in [2.75, 3.05) is 31.2 Å². The number of aromatic nitrogens is 1. The number of aromatic amines is 1. The van der Waals surface area contributed by atoms with Crippen LogP contribution in [-0.4, -0.2) is 54.0 Å². The van der Waals surface area contributed by atoms with Crippen LogP contribution in [0.25, 0.3) is 10.9 Å². The van der Waals surface area contributed by atoms with Gasteiger partial charge in [-0.2, -0.15) is 0 Å². The molecule has 1 aromatic heterocycles. The lowest BCUT2D eigenvalue weighted by molar-refractivity contribution is -0.130. The first-order valence-corrected chi connectivity index (χ1v) is 11.3. The fourth-order valence-electron chi connectivity index (χ4n) is 4.92. The number of amides is 2. The van der Waals surface area contributed by atoms with Crippen LogP contribution in [-0.2, 0) is 9.53 Å². The first-order valence-electron chi connectivity index (χ1n) is 11.3. The van der Waals surface area contributed by atoms with Crippen molar-refractivity contribution >= 4 is 34.1 Å². The molecule has 0 spiro atoms. The molecule has 170 valence electrons. The summed E-state index contributed by atoms with van der Waals surface area (Å²) >= 11 is 0. The van der Waals surface area contributed by atoms with Crippen LogP contribution in [0.4, 0.5) is 11.4 Å². The van der Waals surface area contributed by atoms with Crippen LogP contribution in [0.15, 0.2) is 55.1 Å². The standard InChI is InChI=1S/C26H28N4O3/c1-3-24(31)29-13-18(14-29)30(22-7-5-4-6-16(22)2)23-9-8-19(26(27)32)25-20(23)12-21(28-25)17-10-11-33-15-17/h3-9,12,17-18,28H,1,10-11,13-15H2,2H3,(H2,27,32)/t17-/m1/s1. The number of H-pyrrole nitrogens is 1. The van der Waals surface area contributed by atoms with E-state index >= 15 is 0 Å². The van der Waals surface area contributed by atoms with E-state index in [9.17, 15) is 9.59 Å². The minimum atomic E-state index is -0.462. The van der Waals surface area contributed by atoms with Gasteiger partial charge in [0.25, 0.3) is 5.91 Å². The Morgan fingerprint density at radius 1 is 1.21 bits per heavy atom. The fraction of sp³-hybridized carbons (Fsp3) is 0.308. The maximum absolute atomic E-state index is 12.2. The van der Waals surface area contributed by atoms with Crippen molar-refractivity contribution in [3.63, 3.8) is 0 Å². The number of hydrogen-bond acceptors (Lipinski definition) is 4. The molecule has 2 saturated heterocycles. The number of carbonyl (C=O) groups excluding carboxylic acids is 2. The Bertz CT molecular complexity index is 1240. The quantitative estimate of drug-likeness (QED) is 0.568. The van der Waals surface area contributed by atoms with E-state index in [0.29, 0.717) is 25.3 Å². The average molecular weight is 445 g/mol. The van der Waals surface area contributed by atoms with Gasteiger partial charge in [-0.3, -0.25) is 9.59 Å². The molecule has 0 bridgehead atoms. The monoisotopic (exact) mass is 444 g/mol. The Morgan fingerprint density at radius 3 is 2.67 bits per heavy atom. The predicted molar refractivity (Wildman–Crippen MR) is 129 cm³/mol. The molecular formula is C26H28N4O3. The summed E-state index contributed by atoms with van der Waals surface area (Å²) in [6, 6.07) is 14.2. The van der Waals surface area contributed by atoms with Gasteiger partial charge in [0, 0.05) is 42.4 Å². The molecule has 0 aliphatic carbocycles. The lowest BCUT2D eigenvalue weighted by atomic mass is 9.99. The lowest BCUT2D eigenvalue weighted by Crippen LogP contribution is -2.59. The van der Waals surface area contributed by atoms with Gasteiger partial charge in [-0.05, 0) is 49.2 Å². The van der Waals surface area contributed by atoms with Gasteiger partial charge in [-0.25, -0.2) is 0 Å². The van der Waals surface area contributed by atoms with Crippen LogP contribution in [0.1, 0.15) is 34.0 Å². The van der Waals surface area contributed by atoms with Gasteiger partial charge >= 0.3 is 0 Å². The zero-order valence-electron chi connectivity index (χ0n) is 18.7. The largest absolute Gasteiger partial charge is 0.381 e. The van der Waals surface area contributed by atoms with Gasteiger partial charge in [0.05, 0.1) is 29.4 Å². The third-order valence-corrected chi connectivity index (χ3v) is 6.77. The number of anilines is 2. The number of carbonyl (C=O) groups is 2. The minimum absolute atomic E-state index is 0.0598. The minimum Gasteiger partial charge on any atom is -0.381 e. The maximum atomic E-state index is 12.2. The molecule has 2 amide bonds. The number of rotatable bonds is 6. The molecule has 7 nitrogen and oxygen atoms in total. The molecule has 3 N–H and O–H groups in total. The van der Waals surface area contributed by atoms with Crippen LogP contribution in [0, 0.1) is 6.92 Å². The van der Waals surface area contributed by atoms with E-state index in [4.69, 9.17) is 10.5 Å². The van der Waals surface area contributed by atoms with E-state index in [-0.39, 0.29) is 17.9 Å². The number of primary amides is 1. The van der Waals surface area contributed by atoms with Gasteiger partial charge in [-0.15, -0.1) is 0 Å². The van der Waals surface area contributed by atoms with Gasteiger partial charge in [0.1, 0.15) is 0 Å². The number of para-hydroxylation sites is 1. The van der Waals surface area contributed by atoms with E-state index in [2.05, 4.69) is 41.6 Å². The average Bonchev–Trinajstić information content (AvgIpc) is 3.45. The Kier molecular flexibility index (Phi) is 5.42. The Hall–Kier alpha value is -3.58. The Morgan fingerprint density at radius 2 is 2.00 bits per heavy atom. The maximum Gasteiger partial charge on any atom is 0.250 e. The zero-order chi connectivity index (χ0) is 23.1. The first kappa shape index (κ1) is 21.3. The second-order valence-corrected chi connectivity index (χ2v) is 8.83. The number of ether oxygens (including phenoxy) is 1. The number of benzene rings is 2. The van der Waals surface area contributed by atoms with E-state index in [1.807, 2.05) is 18.2 Å². The summed E-state index contributed by atoms with van der Waals surface area (Å²) in [5.74, 6) is -0.255. The normalized spacial score (nSPS) is 18.3. The number of nitrogens with zero attached hydrogens (tertiary/aromatic N) is 2. The summed E-state index contributed by atoms with van der Waals surface area (Å²) < 4.78 is 5.59. The number of likely N-dealkylation sites (tertiary alicyclic amines) is 1. The van der Waals surface area contributed by atoms with Crippen molar-refractivity contribution in [2.45, 2.75) is 25.3 Å². The Labute approximate surface area is 192 Å². The highest BCUT2D eigenvalue weighted by Gasteiger charge is 2.36. The molecule has 5 rings (SSSR count). The number of aryl methyl sites for hydroxylation is 1. The topological polar surface area (TPSA) is 91.7 Å². The highest BCUT2D eigenvalue weighted by Crippen LogP contribution is 2.40. The van der Waals surface area contributed by atoms with Crippen LogP contribution in [0.3, 0.4) is 0 Å². The lowest BCUT2D eigenvalue weighted by Gasteiger charge is -2.46. The summed E-state index contributed by atoms with van der Waals surface area (Å²) in [6.07, 6.45) is 2.30. The number of fused-ring (bicyclic) bond motifs is 1. The SMILES string of the molecule is C=CC(=O)N1CC(N(c2ccccc2C)c2ccc(C(N)=O)c3[nH]c([C@@H]4CCOC4)cc23)C1. The third-order valence-electron chi connectivity index (χ3n) is 6.77. The molecule has 1 atom stereocenters. The van der Waals surface area contributed by atoms with Crippen molar-refractivity contribution in [3.05, 3.63) is 71.9 Å². The molecule has 2 aliphatic heterocycles. The van der Waals surface area contributed by atoms with Crippen LogP contribution in [0.5, 0.6) is 0 Å². The zero-order valence-corrected chi connectivity index (χ0v) is 18.7. The van der Waals surface area contributed by atoms with E-state index < -0.39 is 5.91 Å². The molecule has 33 heavy (non-hydrogen) atoms. The summed E-state index contributed by atoms with van der Waals surface area (Å²) in [5.41, 5.74) is 11.2. The van der Waals surface area contributed by atoms with Crippen molar-refractivity contribution in [1.82, 2.24) is 9.88 Å². The van der Waals surface area contributed by atoms with Crippen molar-refractivity contribution in [2.24, 2.45) is 5.73 Å². The van der Waals surface area contributed by atoms with E-state index in [0.717, 1.165) is 46.6 Å². The summed E-state index contributed by atoms with van der Waals surface area (Å²) in [5, 5.41) is 0.949. The molecule has 0 unspecified atom stereocenters.